The molecule has 4 aromatic rings. The topological polar surface area (TPSA) is 143 Å². The van der Waals surface area contributed by atoms with Crippen molar-refractivity contribution in [1.29, 1.82) is 0 Å². The first-order valence-corrected chi connectivity index (χ1v) is 20.3. The second-order valence-electron chi connectivity index (χ2n) is 16.2. The van der Waals surface area contributed by atoms with E-state index in [1.807, 2.05) is 53.4 Å². The van der Waals surface area contributed by atoms with Crippen LogP contribution in [0.1, 0.15) is 78.9 Å². The molecule has 312 valence electrons. The van der Waals surface area contributed by atoms with Gasteiger partial charge in [0.1, 0.15) is 17.8 Å². The minimum absolute atomic E-state index is 0.00595. The number of Topliss-reactive ketones (excluding diaryl/α,β-unsaturated/α-hetero) is 1. The molecule has 4 fully saturated rings. The number of alkyl halides is 3. The number of aromatic nitrogens is 2. The van der Waals surface area contributed by atoms with Crippen molar-refractivity contribution in [2.75, 3.05) is 27.3 Å². The first-order chi connectivity index (χ1) is 28.3. The number of ether oxygens (including phenoxy) is 3. The first-order valence-electron chi connectivity index (χ1n) is 19.9. The van der Waals surface area contributed by atoms with Gasteiger partial charge in [0.25, 0.3) is 0 Å². The van der Waals surface area contributed by atoms with Gasteiger partial charge in [0, 0.05) is 54.4 Å². The number of halogens is 4. The number of hydrogen-bond donors (Lipinski definition) is 3. The Hall–Kier alpha value is -4.76. The summed E-state index contributed by atoms with van der Waals surface area (Å²) < 4.78 is 61.6. The molecule has 2 aliphatic heterocycles. The van der Waals surface area contributed by atoms with Crippen molar-refractivity contribution in [2.24, 2.45) is 11.3 Å². The fraction of sp³-hybridized carbons (Fsp3) is 0.455. The van der Waals surface area contributed by atoms with Crippen molar-refractivity contribution in [3.05, 3.63) is 87.4 Å². The molecular formula is C44H46ClF3N4O7. The van der Waals surface area contributed by atoms with Gasteiger partial charge in [0.2, 0.25) is 17.6 Å². The second kappa shape index (κ2) is 16.4. The fourth-order valence-corrected chi connectivity index (χ4v) is 9.82. The number of fused-ring (bicyclic) bond motifs is 4. The summed E-state index contributed by atoms with van der Waals surface area (Å²) in [6.45, 7) is 1.37. The molecule has 0 spiro atoms. The number of aliphatic hydroxyl groups excluding tert-OH is 1. The summed E-state index contributed by atoms with van der Waals surface area (Å²) in [5, 5.41) is 23.5. The van der Waals surface area contributed by atoms with Crippen LogP contribution >= 0.6 is 11.6 Å². The molecule has 9 rings (SSSR count). The van der Waals surface area contributed by atoms with Gasteiger partial charge in [-0.15, -0.1) is 0 Å². The van der Waals surface area contributed by atoms with E-state index in [0.717, 1.165) is 33.9 Å². The largest absolute Gasteiger partial charge is 0.481 e. The van der Waals surface area contributed by atoms with Gasteiger partial charge in [0.05, 0.1) is 30.4 Å². The number of aliphatic carboxylic acids is 1. The predicted molar refractivity (Wildman–Crippen MR) is 212 cm³/mol. The van der Waals surface area contributed by atoms with E-state index in [4.69, 9.17) is 30.8 Å². The number of carboxylic acid groups (broad SMARTS) is 1. The van der Waals surface area contributed by atoms with E-state index in [-0.39, 0.29) is 42.3 Å². The van der Waals surface area contributed by atoms with Crippen molar-refractivity contribution in [3.63, 3.8) is 0 Å². The van der Waals surface area contributed by atoms with E-state index < -0.39 is 41.2 Å². The zero-order chi connectivity index (χ0) is 41.6. The van der Waals surface area contributed by atoms with Crippen molar-refractivity contribution in [2.45, 2.75) is 88.9 Å². The highest BCUT2D eigenvalue weighted by molar-refractivity contribution is 6.36. The molecule has 15 heteroatoms. The molecule has 0 radical (unpaired) electrons. The number of ketones is 1. The number of pyridine rings is 2. The molecule has 59 heavy (non-hydrogen) atoms. The lowest BCUT2D eigenvalue weighted by Crippen LogP contribution is -2.56. The van der Waals surface area contributed by atoms with Crippen LogP contribution < -0.4 is 19.5 Å². The zero-order valence-electron chi connectivity index (χ0n) is 32.8. The van der Waals surface area contributed by atoms with Crippen LogP contribution in [0.15, 0.2) is 54.6 Å². The Balaban J connectivity index is 1.03. The Morgan fingerprint density at radius 2 is 1.68 bits per heavy atom. The normalized spacial score (nSPS) is 24.0. The van der Waals surface area contributed by atoms with E-state index in [9.17, 15) is 33.0 Å². The highest BCUT2D eigenvalue weighted by Gasteiger charge is 2.50. The summed E-state index contributed by atoms with van der Waals surface area (Å²) in [4.78, 5) is 34.9. The van der Waals surface area contributed by atoms with E-state index >= 15 is 0 Å². The molecule has 2 saturated heterocycles. The lowest BCUT2D eigenvalue weighted by atomic mass is 9.67. The Morgan fingerprint density at radius 1 is 0.966 bits per heavy atom. The maximum Gasteiger partial charge on any atom is 0.421 e. The molecule has 11 nitrogen and oxygen atoms in total. The summed E-state index contributed by atoms with van der Waals surface area (Å²) in [6.07, 6.45) is -2.19. The molecule has 0 amide bonds. The number of nitrogens with zero attached hydrogens (tertiary/aromatic N) is 3. The molecule has 3 atom stereocenters. The Labute approximate surface area is 344 Å². The number of carbonyl (C=O) groups excluding carboxylic acids is 1. The number of hydrogen-bond acceptors (Lipinski definition) is 10. The maximum absolute atomic E-state index is 14.7. The van der Waals surface area contributed by atoms with Crippen LogP contribution in [0.25, 0.3) is 22.4 Å². The third-order valence-electron chi connectivity index (χ3n) is 12.6. The van der Waals surface area contributed by atoms with E-state index in [2.05, 4.69) is 10.3 Å². The van der Waals surface area contributed by atoms with Crippen LogP contribution in [0.2, 0.25) is 5.02 Å². The fourth-order valence-electron chi connectivity index (χ4n) is 9.50. The van der Waals surface area contributed by atoms with Gasteiger partial charge in [-0.05, 0) is 86.2 Å². The van der Waals surface area contributed by atoms with Gasteiger partial charge in [-0.25, -0.2) is 4.98 Å². The standard InChI is InChI=1S/C44H46ClF3N4O7/c1-57-39-25(21-49-20-24-17-35(53)36(54)18-24)9-11-34(50-39)32-8-4-7-31(38(32)45)28-5-3-6-30-29(28)10-12-37(30)59-41-33(44(46,47)48)19-26(40(51-41)58-2)22-52-23-43(42(55)56)15-13-27(52)14-16-43/h3-9,11,19,24,27,35,37,49,53H,10,12-18,20-23H2,1-2H3,(H,55,56)/t24-,27?,35?,37+,43?/m1/s1. The van der Waals surface area contributed by atoms with Crippen LogP contribution in [-0.4, -0.2) is 76.3 Å². The SMILES string of the molecule is COc1nc(-c2cccc(-c3cccc4c3CC[C@@H]4Oc3nc(OC)c(CN4CC5(C(=O)O)CCC4CC5)cc3C(F)(F)F)c2Cl)ccc1CNC[C@H]1CC(=O)C(O)C1. The summed E-state index contributed by atoms with van der Waals surface area (Å²) in [5.74, 6) is -1.07. The Kier molecular flexibility index (Phi) is 11.4. The van der Waals surface area contributed by atoms with E-state index in [1.54, 1.807) is 7.11 Å². The molecule has 2 aromatic carbocycles. The minimum atomic E-state index is -4.78. The van der Waals surface area contributed by atoms with E-state index in [0.29, 0.717) is 86.6 Å². The summed E-state index contributed by atoms with van der Waals surface area (Å²) in [6, 6.07) is 16.1. The number of carboxylic acids is 1. The van der Waals surface area contributed by atoms with Gasteiger partial charge in [0.15, 0.2) is 5.78 Å². The van der Waals surface area contributed by atoms with Gasteiger partial charge in [-0.1, -0.05) is 54.1 Å². The first kappa shape index (κ1) is 41.0. The van der Waals surface area contributed by atoms with Crippen LogP contribution in [-0.2, 0) is 35.3 Å². The molecule has 2 saturated carbocycles. The van der Waals surface area contributed by atoms with Gasteiger partial charge in [-0.3, -0.25) is 14.5 Å². The highest BCUT2D eigenvalue weighted by Crippen LogP contribution is 2.48. The molecule has 2 bridgehead atoms. The zero-order valence-corrected chi connectivity index (χ0v) is 33.5. The molecule has 1 unspecified atom stereocenters. The Morgan fingerprint density at radius 3 is 2.37 bits per heavy atom. The molecule has 3 N–H and O–H groups in total. The second-order valence-corrected chi connectivity index (χ2v) is 16.6. The third-order valence-corrected chi connectivity index (χ3v) is 13.0. The Bertz CT molecular complexity index is 2260. The van der Waals surface area contributed by atoms with E-state index in [1.165, 1.54) is 7.11 Å². The minimum Gasteiger partial charge on any atom is -0.481 e. The van der Waals surface area contributed by atoms with Crippen LogP contribution in [0.4, 0.5) is 13.2 Å². The summed E-state index contributed by atoms with van der Waals surface area (Å²) >= 11 is 7.14. The average molecular weight is 835 g/mol. The van der Waals surface area contributed by atoms with Gasteiger partial charge >= 0.3 is 12.1 Å². The third kappa shape index (κ3) is 7.99. The van der Waals surface area contributed by atoms with Crippen LogP contribution in [0, 0.1) is 11.3 Å². The summed E-state index contributed by atoms with van der Waals surface area (Å²) in [7, 11) is 2.89. The predicted octanol–water partition coefficient (Wildman–Crippen LogP) is 7.83. The van der Waals surface area contributed by atoms with Crippen molar-refractivity contribution < 1.29 is 47.2 Å². The number of piperidine rings is 2. The monoisotopic (exact) mass is 834 g/mol. The number of benzene rings is 2. The number of methoxy groups -OCH3 is 2. The lowest BCUT2D eigenvalue weighted by Gasteiger charge is -2.50. The van der Waals surface area contributed by atoms with Gasteiger partial charge in [-0.2, -0.15) is 18.2 Å². The molecule has 5 aliphatic rings. The maximum atomic E-state index is 14.7. The van der Waals surface area contributed by atoms with Crippen molar-refractivity contribution >= 4 is 23.4 Å². The molecule has 4 heterocycles. The van der Waals surface area contributed by atoms with Crippen molar-refractivity contribution in [1.82, 2.24) is 20.2 Å². The summed E-state index contributed by atoms with van der Waals surface area (Å²) in [5.41, 5.74) is 3.60. The van der Waals surface area contributed by atoms with Crippen LogP contribution in [0.3, 0.4) is 0 Å². The number of rotatable bonds is 13. The number of nitrogens with one attached hydrogen (secondary N) is 1. The average Bonchev–Trinajstić information content (AvgIpc) is 3.79. The molecular weight excluding hydrogens is 789 g/mol. The van der Waals surface area contributed by atoms with Gasteiger partial charge < -0.3 is 29.7 Å². The highest BCUT2D eigenvalue weighted by atomic mass is 35.5. The smallest absolute Gasteiger partial charge is 0.421 e. The molecule has 2 aromatic heterocycles. The molecule has 3 aliphatic carbocycles. The quantitative estimate of drug-likeness (QED) is 0.121. The number of aliphatic hydroxyl groups is 1. The number of carbonyl (C=O) groups is 2. The lowest BCUT2D eigenvalue weighted by molar-refractivity contribution is -0.160. The van der Waals surface area contributed by atoms with Crippen LogP contribution in [0.5, 0.6) is 17.6 Å². The van der Waals surface area contributed by atoms with Crippen molar-refractivity contribution in [3.8, 4) is 40.0 Å².